The lowest BCUT2D eigenvalue weighted by Gasteiger charge is -2.38. The van der Waals surface area contributed by atoms with Gasteiger partial charge in [0, 0.05) is 24.7 Å². The van der Waals surface area contributed by atoms with Crippen molar-refractivity contribution in [2.24, 2.45) is 5.92 Å². The predicted molar refractivity (Wildman–Crippen MR) is 116 cm³/mol. The molecule has 1 unspecified atom stereocenters. The Labute approximate surface area is 182 Å². The van der Waals surface area contributed by atoms with Gasteiger partial charge in [-0.2, -0.15) is 0 Å². The van der Waals surface area contributed by atoms with Gasteiger partial charge in [-0.05, 0) is 55.8 Å². The minimum Gasteiger partial charge on any atom is -0.378 e. The van der Waals surface area contributed by atoms with Crippen molar-refractivity contribution in [1.29, 1.82) is 0 Å². The van der Waals surface area contributed by atoms with Crippen LogP contribution in [0.15, 0.2) is 54.6 Å². The summed E-state index contributed by atoms with van der Waals surface area (Å²) in [6, 6.07) is 15.0. The third-order valence-electron chi connectivity index (χ3n) is 6.04. The highest BCUT2D eigenvalue weighted by molar-refractivity contribution is 5.95. The van der Waals surface area contributed by atoms with Gasteiger partial charge in [-0.3, -0.25) is 14.5 Å². The molecule has 4 rings (SSSR count). The Hall–Kier alpha value is -2.77. The molecule has 2 amide bonds. The Kier molecular flexibility index (Phi) is 6.94. The van der Waals surface area contributed by atoms with Crippen LogP contribution in [0.2, 0.25) is 0 Å². The molecule has 2 aromatic carbocycles. The molecular weight excluding hydrogens is 397 g/mol. The van der Waals surface area contributed by atoms with Crippen LogP contribution in [0.25, 0.3) is 0 Å². The Bertz CT molecular complexity index is 877. The topological polar surface area (TPSA) is 61.9 Å². The summed E-state index contributed by atoms with van der Waals surface area (Å²) in [6.45, 7) is 3.85. The molecule has 2 aromatic rings. The van der Waals surface area contributed by atoms with E-state index < -0.39 is 6.04 Å². The second-order valence-electron chi connectivity index (χ2n) is 8.06. The summed E-state index contributed by atoms with van der Waals surface area (Å²) in [5, 5.41) is 2.91. The molecule has 31 heavy (non-hydrogen) atoms. The lowest BCUT2D eigenvalue weighted by atomic mass is 9.92. The average Bonchev–Trinajstić information content (AvgIpc) is 2.82. The molecule has 164 valence electrons. The third-order valence-corrected chi connectivity index (χ3v) is 6.04. The third kappa shape index (κ3) is 5.29. The number of carbonyl (C=O) groups excluding carboxylic acids is 2. The number of morpholine rings is 1. The summed E-state index contributed by atoms with van der Waals surface area (Å²) in [4.78, 5) is 30.1. The fraction of sp³-hybridized carbons (Fsp3) is 0.417. The van der Waals surface area contributed by atoms with E-state index in [1.165, 1.54) is 12.1 Å². The van der Waals surface area contributed by atoms with Crippen molar-refractivity contribution in [2.45, 2.75) is 18.9 Å². The number of anilines is 1. The van der Waals surface area contributed by atoms with Crippen molar-refractivity contribution >= 4 is 17.5 Å². The highest BCUT2D eigenvalue weighted by Gasteiger charge is 2.34. The molecule has 2 heterocycles. The summed E-state index contributed by atoms with van der Waals surface area (Å²) >= 11 is 0. The van der Waals surface area contributed by atoms with E-state index >= 15 is 0 Å². The molecule has 7 heteroatoms. The van der Waals surface area contributed by atoms with Crippen LogP contribution in [0.5, 0.6) is 0 Å². The maximum Gasteiger partial charge on any atom is 0.246 e. The number of hydrogen-bond acceptors (Lipinski definition) is 4. The summed E-state index contributed by atoms with van der Waals surface area (Å²) in [5.74, 6) is -0.304. The molecule has 2 saturated heterocycles. The summed E-state index contributed by atoms with van der Waals surface area (Å²) in [5.41, 5.74) is 1.46. The van der Waals surface area contributed by atoms with E-state index in [0.29, 0.717) is 45.1 Å². The SMILES string of the molecule is O=C(Nc1ccc(F)cc1)C(c1ccccc1)N1CCC(C(=O)N2CCOCC2)CC1. The number of benzene rings is 2. The minimum atomic E-state index is -0.467. The summed E-state index contributed by atoms with van der Waals surface area (Å²) < 4.78 is 18.6. The first-order valence-electron chi connectivity index (χ1n) is 10.8. The smallest absolute Gasteiger partial charge is 0.246 e. The molecule has 0 radical (unpaired) electrons. The molecule has 1 N–H and O–H groups in total. The van der Waals surface area contributed by atoms with Crippen LogP contribution in [0.4, 0.5) is 10.1 Å². The highest BCUT2D eigenvalue weighted by atomic mass is 19.1. The maximum atomic E-state index is 13.2. The van der Waals surface area contributed by atoms with E-state index in [1.807, 2.05) is 35.2 Å². The zero-order valence-electron chi connectivity index (χ0n) is 17.5. The Morgan fingerprint density at radius 1 is 0.935 bits per heavy atom. The molecule has 0 bridgehead atoms. The molecule has 2 aliphatic rings. The number of hydrogen-bond donors (Lipinski definition) is 1. The molecule has 0 aromatic heterocycles. The van der Waals surface area contributed by atoms with Crippen molar-refractivity contribution in [3.63, 3.8) is 0 Å². The Morgan fingerprint density at radius 3 is 2.23 bits per heavy atom. The monoisotopic (exact) mass is 425 g/mol. The molecular formula is C24H28FN3O3. The largest absolute Gasteiger partial charge is 0.378 e. The van der Waals surface area contributed by atoms with Gasteiger partial charge in [0.1, 0.15) is 11.9 Å². The number of piperidine rings is 1. The van der Waals surface area contributed by atoms with Crippen molar-refractivity contribution in [2.75, 3.05) is 44.7 Å². The van der Waals surface area contributed by atoms with Gasteiger partial charge in [-0.1, -0.05) is 30.3 Å². The number of rotatable bonds is 5. The molecule has 0 aliphatic carbocycles. The number of nitrogens with one attached hydrogen (secondary N) is 1. The van der Waals surface area contributed by atoms with E-state index in [4.69, 9.17) is 4.74 Å². The standard InChI is InChI=1S/C24H28FN3O3/c25-20-6-8-21(9-7-20)26-23(29)22(18-4-2-1-3-5-18)27-12-10-19(11-13-27)24(30)28-14-16-31-17-15-28/h1-9,19,22H,10-17H2,(H,26,29). The van der Waals surface area contributed by atoms with Gasteiger partial charge in [-0.15, -0.1) is 0 Å². The fourth-order valence-electron chi connectivity index (χ4n) is 4.35. The van der Waals surface area contributed by atoms with Gasteiger partial charge < -0.3 is 15.0 Å². The quantitative estimate of drug-likeness (QED) is 0.800. The van der Waals surface area contributed by atoms with Crippen LogP contribution in [0, 0.1) is 11.7 Å². The van der Waals surface area contributed by atoms with E-state index in [2.05, 4.69) is 10.2 Å². The second-order valence-corrected chi connectivity index (χ2v) is 8.06. The van der Waals surface area contributed by atoms with Crippen molar-refractivity contribution in [3.05, 3.63) is 66.0 Å². The minimum absolute atomic E-state index is 0.00840. The first-order valence-corrected chi connectivity index (χ1v) is 10.8. The fourth-order valence-corrected chi connectivity index (χ4v) is 4.35. The van der Waals surface area contributed by atoms with Crippen LogP contribution in [0.3, 0.4) is 0 Å². The maximum absolute atomic E-state index is 13.2. The van der Waals surface area contributed by atoms with Crippen molar-refractivity contribution in [1.82, 2.24) is 9.80 Å². The van der Waals surface area contributed by atoms with E-state index in [-0.39, 0.29) is 23.5 Å². The Balaban J connectivity index is 1.44. The van der Waals surface area contributed by atoms with Gasteiger partial charge in [0.15, 0.2) is 0 Å². The first-order chi connectivity index (χ1) is 15.1. The number of carbonyl (C=O) groups is 2. The summed E-state index contributed by atoms with van der Waals surface area (Å²) in [7, 11) is 0. The van der Waals surface area contributed by atoms with Gasteiger partial charge in [0.05, 0.1) is 13.2 Å². The van der Waals surface area contributed by atoms with Gasteiger partial charge in [0.25, 0.3) is 0 Å². The van der Waals surface area contributed by atoms with Crippen LogP contribution in [0.1, 0.15) is 24.4 Å². The number of likely N-dealkylation sites (tertiary alicyclic amines) is 1. The van der Waals surface area contributed by atoms with E-state index in [9.17, 15) is 14.0 Å². The lowest BCUT2D eigenvalue weighted by molar-refractivity contribution is -0.141. The number of amides is 2. The van der Waals surface area contributed by atoms with Gasteiger partial charge >= 0.3 is 0 Å². The van der Waals surface area contributed by atoms with E-state index in [1.54, 1.807) is 12.1 Å². The second kappa shape index (κ2) is 10.0. The van der Waals surface area contributed by atoms with Crippen molar-refractivity contribution in [3.8, 4) is 0 Å². The molecule has 0 saturated carbocycles. The zero-order chi connectivity index (χ0) is 21.6. The lowest BCUT2D eigenvalue weighted by Crippen LogP contribution is -2.48. The number of halogens is 1. The molecule has 6 nitrogen and oxygen atoms in total. The normalized spacial score (nSPS) is 19.1. The highest BCUT2D eigenvalue weighted by Crippen LogP contribution is 2.29. The van der Waals surface area contributed by atoms with Crippen LogP contribution in [-0.2, 0) is 14.3 Å². The number of ether oxygens (including phenoxy) is 1. The molecule has 0 spiro atoms. The predicted octanol–water partition coefficient (Wildman–Crippen LogP) is 3.08. The molecule has 2 fully saturated rings. The zero-order valence-corrected chi connectivity index (χ0v) is 17.5. The van der Waals surface area contributed by atoms with Crippen molar-refractivity contribution < 1.29 is 18.7 Å². The molecule has 1 atom stereocenters. The van der Waals surface area contributed by atoms with Gasteiger partial charge in [-0.25, -0.2) is 4.39 Å². The Morgan fingerprint density at radius 2 is 1.58 bits per heavy atom. The van der Waals surface area contributed by atoms with E-state index in [0.717, 1.165) is 18.4 Å². The van der Waals surface area contributed by atoms with Crippen LogP contribution in [-0.4, -0.2) is 61.0 Å². The number of nitrogens with zero attached hydrogens (tertiary/aromatic N) is 2. The summed E-state index contributed by atoms with van der Waals surface area (Å²) in [6.07, 6.45) is 1.45. The van der Waals surface area contributed by atoms with Crippen LogP contribution < -0.4 is 5.32 Å². The first kappa shape index (κ1) is 21.5. The van der Waals surface area contributed by atoms with Crippen LogP contribution >= 0.6 is 0 Å². The average molecular weight is 426 g/mol. The van der Waals surface area contributed by atoms with Gasteiger partial charge in [0.2, 0.25) is 11.8 Å². The molecule has 2 aliphatic heterocycles.